The third kappa shape index (κ3) is 5.13. The predicted octanol–water partition coefficient (Wildman–Crippen LogP) is 3.70. The average Bonchev–Trinajstić information content (AvgIpc) is 3.33. The van der Waals surface area contributed by atoms with Crippen molar-refractivity contribution in [2.24, 2.45) is 4.99 Å². The van der Waals surface area contributed by atoms with Gasteiger partial charge in [-0.25, -0.2) is 9.98 Å². The highest BCUT2D eigenvalue weighted by Gasteiger charge is 2.24. The number of thioether (sulfide) groups is 1. The first-order valence-corrected chi connectivity index (χ1v) is 11.0. The fourth-order valence-electron chi connectivity index (χ4n) is 2.84. The first-order valence-electron chi connectivity index (χ1n) is 9.36. The molecular formula is C21H16N4O5S2. The van der Waals surface area contributed by atoms with Gasteiger partial charge in [-0.2, -0.15) is 0 Å². The Hall–Kier alpha value is -3.70. The van der Waals surface area contributed by atoms with Gasteiger partial charge in [-0.1, -0.05) is 35.6 Å². The Labute approximate surface area is 189 Å². The maximum Gasteiger partial charge on any atom is 0.303 e. The lowest BCUT2D eigenvalue weighted by Crippen LogP contribution is -2.19. The third-order valence-electron chi connectivity index (χ3n) is 4.32. The molecule has 0 saturated carbocycles. The van der Waals surface area contributed by atoms with Gasteiger partial charge in [-0.15, -0.1) is 0 Å². The van der Waals surface area contributed by atoms with Crippen molar-refractivity contribution in [2.45, 2.75) is 12.8 Å². The molecule has 9 nitrogen and oxygen atoms in total. The number of nitrogens with one attached hydrogen (secondary N) is 2. The topological polar surface area (TPSA) is 141 Å². The lowest BCUT2D eigenvalue weighted by atomic mass is 10.1. The smallest absolute Gasteiger partial charge is 0.303 e. The molecule has 1 fully saturated rings. The minimum absolute atomic E-state index is 0.00853. The normalized spacial score (nSPS) is 15.9. The molecular weight excluding hydrogens is 452 g/mol. The van der Waals surface area contributed by atoms with Crippen molar-refractivity contribution in [1.82, 2.24) is 10.3 Å². The number of fused-ring (bicyclic) bond motifs is 1. The summed E-state index contributed by atoms with van der Waals surface area (Å²) in [5.74, 6) is -1.83. The van der Waals surface area contributed by atoms with Crippen molar-refractivity contribution in [3.63, 3.8) is 0 Å². The summed E-state index contributed by atoms with van der Waals surface area (Å²) < 4.78 is 0. The first-order chi connectivity index (χ1) is 15.4. The summed E-state index contributed by atoms with van der Waals surface area (Å²) in [7, 11) is 0. The number of benzene rings is 2. The van der Waals surface area contributed by atoms with Crippen molar-refractivity contribution in [3.8, 4) is 5.75 Å². The second-order valence-corrected chi connectivity index (χ2v) is 8.77. The van der Waals surface area contributed by atoms with Gasteiger partial charge in [-0.3, -0.25) is 14.4 Å². The highest BCUT2D eigenvalue weighted by molar-refractivity contribution is 8.18. The molecule has 1 aromatic heterocycles. The van der Waals surface area contributed by atoms with E-state index in [-0.39, 0.29) is 24.5 Å². The van der Waals surface area contributed by atoms with Gasteiger partial charge >= 0.3 is 5.97 Å². The minimum atomic E-state index is -1.05. The van der Waals surface area contributed by atoms with Crippen LogP contribution >= 0.6 is 23.1 Å². The minimum Gasteiger partial charge on any atom is -0.506 e. The van der Waals surface area contributed by atoms with Crippen molar-refractivity contribution in [1.29, 1.82) is 0 Å². The molecule has 4 rings (SSSR count). The second kappa shape index (κ2) is 9.20. The molecule has 0 bridgehead atoms. The molecule has 0 unspecified atom stereocenters. The van der Waals surface area contributed by atoms with Gasteiger partial charge in [0.1, 0.15) is 11.4 Å². The van der Waals surface area contributed by atoms with E-state index in [2.05, 4.69) is 20.6 Å². The van der Waals surface area contributed by atoms with E-state index in [0.29, 0.717) is 25.8 Å². The van der Waals surface area contributed by atoms with Crippen molar-refractivity contribution in [3.05, 3.63) is 52.4 Å². The lowest BCUT2D eigenvalue weighted by molar-refractivity contribution is -0.138. The number of aromatic hydroxyl groups is 1. The molecule has 1 aliphatic rings. The molecule has 32 heavy (non-hydrogen) atoms. The number of rotatable bonds is 6. The molecule has 3 aromatic rings. The number of aliphatic imine (C=N–C) groups is 1. The molecule has 2 heterocycles. The Morgan fingerprint density at radius 1 is 1.19 bits per heavy atom. The quantitative estimate of drug-likeness (QED) is 0.404. The molecule has 0 atom stereocenters. The van der Waals surface area contributed by atoms with E-state index >= 15 is 0 Å². The Morgan fingerprint density at radius 2 is 1.94 bits per heavy atom. The van der Waals surface area contributed by atoms with Crippen molar-refractivity contribution < 1.29 is 24.6 Å². The van der Waals surface area contributed by atoms with Crippen LogP contribution in [0.4, 0.5) is 10.8 Å². The second-order valence-electron chi connectivity index (χ2n) is 6.68. The summed E-state index contributed by atoms with van der Waals surface area (Å²) >= 11 is 2.28. The zero-order chi connectivity index (χ0) is 22.7. The van der Waals surface area contributed by atoms with E-state index in [1.54, 1.807) is 18.2 Å². The maximum absolute atomic E-state index is 12.3. The highest BCUT2D eigenvalue weighted by atomic mass is 32.2. The summed E-state index contributed by atoms with van der Waals surface area (Å²) in [6.45, 7) is 0. The first kappa shape index (κ1) is 21.5. The van der Waals surface area contributed by atoms with E-state index < -0.39 is 11.9 Å². The van der Waals surface area contributed by atoms with Crippen LogP contribution in [-0.4, -0.2) is 38.1 Å². The number of carboxylic acids is 1. The molecule has 11 heteroatoms. The molecule has 1 saturated heterocycles. The molecule has 1 aliphatic heterocycles. The predicted molar refractivity (Wildman–Crippen MR) is 124 cm³/mol. The number of hydrogen-bond donors (Lipinski definition) is 4. The van der Waals surface area contributed by atoms with Crippen LogP contribution in [0.5, 0.6) is 5.75 Å². The van der Waals surface area contributed by atoms with Crippen LogP contribution in [-0.2, 0) is 14.4 Å². The number of anilines is 1. The van der Waals surface area contributed by atoms with Gasteiger partial charge in [-0.05, 0) is 40.7 Å². The van der Waals surface area contributed by atoms with E-state index in [1.807, 2.05) is 24.3 Å². The molecule has 0 spiro atoms. The number of aliphatic carboxylic acids is 1. The average molecular weight is 469 g/mol. The fourth-order valence-corrected chi connectivity index (χ4v) is 4.51. The Morgan fingerprint density at radius 3 is 2.69 bits per heavy atom. The number of phenolic OH excluding ortho intramolecular Hbond substituents is 1. The van der Waals surface area contributed by atoms with Gasteiger partial charge < -0.3 is 20.8 Å². The van der Waals surface area contributed by atoms with E-state index in [0.717, 1.165) is 33.9 Å². The molecule has 2 aromatic carbocycles. The van der Waals surface area contributed by atoms with Crippen LogP contribution in [0.3, 0.4) is 0 Å². The van der Waals surface area contributed by atoms with Gasteiger partial charge in [0.15, 0.2) is 10.3 Å². The zero-order valence-electron chi connectivity index (χ0n) is 16.4. The number of thiazole rings is 1. The number of amidine groups is 1. The number of carbonyl (C=O) groups excluding carboxylic acids is 2. The monoisotopic (exact) mass is 468 g/mol. The van der Waals surface area contributed by atoms with Crippen LogP contribution in [0.1, 0.15) is 17.7 Å². The Balaban J connectivity index is 1.47. The van der Waals surface area contributed by atoms with Crippen LogP contribution in [0.15, 0.2) is 52.5 Å². The Bertz CT molecular complexity index is 1300. The van der Waals surface area contributed by atoms with E-state index in [4.69, 9.17) is 5.11 Å². The summed E-state index contributed by atoms with van der Waals surface area (Å²) in [5.41, 5.74) is 0.344. The van der Waals surface area contributed by atoms with Crippen LogP contribution in [0, 0.1) is 0 Å². The molecule has 0 radical (unpaired) electrons. The third-order valence-corrected chi connectivity index (χ3v) is 6.09. The van der Waals surface area contributed by atoms with E-state index in [9.17, 15) is 19.5 Å². The number of carbonyl (C=O) groups is 3. The number of nitrogens with zero attached hydrogens (tertiary/aromatic N) is 2. The summed E-state index contributed by atoms with van der Waals surface area (Å²) in [5, 5.41) is 26.5. The van der Waals surface area contributed by atoms with Crippen LogP contribution in [0.25, 0.3) is 16.8 Å². The van der Waals surface area contributed by atoms with Gasteiger partial charge in [0.2, 0.25) is 5.91 Å². The summed E-state index contributed by atoms with van der Waals surface area (Å²) in [6, 6.07) is 10.9. The molecule has 2 amide bonds. The summed E-state index contributed by atoms with van der Waals surface area (Å²) in [6.07, 6.45) is 2.71. The molecule has 0 aliphatic carbocycles. The molecule has 162 valence electrons. The van der Waals surface area contributed by atoms with Crippen molar-refractivity contribution >= 4 is 73.7 Å². The number of hydrogen-bond acceptors (Lipinski definition) is 8. The van der Waals surface area contributed by atoms with E-state index in [1.165, 1.54) is 6.20 Å². The summed E-state index contributed by atoms with van der Waals surface area (Å²) in [4.78, 5) is 44.0. The lowest BCUT2D eigenvalue weighted by Gasteiger charge is -2.03. The SMILES string of the molecule is O=C(O)CCC(=O)Nc1ncc(/C=C2\SC(=Nc3cc4ccccc4cc3O)NC2=O)s1. The van der Waals surface area contributed by atoms with Crippen molar-refractivity contribution in [2.75, 3.05) is 5.32 Å². The maximum atomic E-state index is 12.3. The fraction of sp³-hybridized carbons (Fsp3) is 0.0952. The standard InChI is InChI=1S/C21H16N4O5S2/c26-15-8-12-4-2-1-3-11(12)7-14(15)23-21-25-19(30)16(32-21)9-13-10-22-20(31-13)24-17(27)5-6-18(28)29/h1-4,7-10,26H,5-6H2,(H,28,29)(H,22,24,27)(H,23,25,30)/b16-9-. The zero-order valence-corrected chi connectivity index (χ0v) is 18.0. The van der Waals surface area contributed by atoms with Crippen LogP contribution in [0.2, 0.25) is 0 Å². The number of phenols is 1. The number of aromatic nitrogens is 1. The van der Waals surface area contributed by atoms with Gasteiger partial charge in [0.05, 0.1) is 16.2 Å². The number of amides is 2. The van der Waals surface area contributed by atoms with Gasteiger partial charge in [0, 0.05) is 12.6 Å². The van der Waals surface area contributed by atoms with Gasteiger partial charge in [0.25, 0.3) is 5.91 Å². The number of carboxylic acid groups (broad SMARTS) is 1. The van der Waals surface area contributed by atoms with Crippen LogP contribution < -0.4 is 10.6 Å². The molecule has 4 N–H and O–H groups in total. The highest BCUT2D eigenvalue weighted by Crippen LogP contribution is 2.35. The largest absolute Gasteiger partial charge is 0.506 e. The Kier molecular flexibility index (Phi) is 6.19.